The van der Waals surface area contributed by atoms with Gasteiger partial charge in [0.1, 0.15) is 5.01 Å². The van der Waals surface area contributed by atoms with Gasteiger partial charge >= 0.3 is 0 Å². The van der Waals surface area contributed by atoms with Crippen molar-refractivity contribution in [3.63, 3.8) is 0 Å². The Bertz CT molecular complexity index is 753. The van der Waals surface area contributed by atoms with E-state index in [1.54, 1.807) is 18.3 Å². The summed E-state index contributed by atoms with van der Waals surface area (Å²) in [6, 6.07) is 13.3. The number of rotatable bonds is 3. The van der Waals surface area contributed by atoms with Gasteiger partial charge in [-0.2, -0.15) is 0 Å². The van der Waals surface area contributed by atoms with Crippen molar-refractivity contribution < 1.29 is 4.79 Å². The number of carbonyl (C=O) groups is 1. The molecule has 0 bridgehead atoms. The Balaban J connectivity index is 1.75. The summed E-state index contributed by atoms with van der Waals surface area (Å²) in [6.07, 6.45) is 1.55. The lowest BCUT2D eigenvalue weighted by Gasteiger charge is -2.00. The average Bonchev–Trinajstić information content (AvgIpc) is 2.97. The Morgan fingerprint density at radius 3 is 2.62 bits per heavy atom. The zero-order valence-electron chi connectivity index (χ0n) is 11.3. The summed E-state index contributed by atoms with van der Waals surface area (Å²) in [7, 11) is 0. The van der Waals surface area contributed by atoms with Crippen molar-refractivity contribution >= 4 is 22.4 Å². The van der Waals surface area contributed by atoms with Crippen LogP contribution in [-0.4, -0.2) is 21.1 Å². The van der Waals surface area contributed by atoms with E-state index in [1.807, 2.05) is 37.3 Å². The third-order valence-corrected chi connectivity index (χ3v) is 3.73. The van der Waals surface area contributed by atoms with E-state index in [4.69, 9.17) is 0 Å². The lowest BCUT2D eigenvalue weighted by Crippen LogP contribution is -2.12. The second-order valence-corrected chi connectivity index (χ2v) is 5.40. The summed E-state index contributed by atoms with van der Waals surface area (Å²) >= 11 is 1.34. The van der Waals surface area contributed by atoms with Gasteiger partial charge in [0.25, 0.3) is 5.91 Å². The van der Waals surface area contributed by atoms with Crippen LogP contribution in [0.25, 0.3) is 10.6 Å². The second-order valence-electron chi connectivity index (χ2n) is 4.42. The van der Waals surface area contributed by atoms with Crippen LogP contribution in [0.3, 0.4) is 0 Å². The molecule has 0 aliphatic rings. The first-order chi connectivity index (χ1) is 10.2. The molecule has 0 saturated carbocycles. The van der Waals surface area contributed by atoms with Crippen molar-refractivity contribution in [2.24, 2.45) is 0 Å². The van der Waals surface area contributed by atoms with Gasteiger partial charge in [-0.25, -0.2) is 0 Å². The molecule has 0 aliphatic heterocycles. The quantitative estimate of drug-likeness (QED) is 0.806. The molecule has 1 amide bonds. The van der Waals surface area contributed by atoms with E-state index < -0.39 is 0 Å². The summed E-state index contributed by atoms with van der Waals surface area (Å²) < 4.78 is 0. The van der Waals surface area contributed by atoms with Crippen molar-refractivity contribution in [2.75, 3.05) is 5.32 Å². The van der Waals surface area contributed by atoms with Crippen molar-refractivity contribution in [1.29, 1.82) is 0 Å². The molecular weight excluding hydrogens is 284 g/mol. The van der Waals surface area contributed by atoms with Crippen LogP contribution in [0.5, 0.6) is 0 Å². The van der Waals surface area contributed by atoms with Crippen LogP contribution in [0.4, 0.5) is 5.13 Å². The highest BCUT2D eigenvalue weighted by Gasteiger charge is 2.11. The van der Waals surface area contributed by atoms with Crippen LogP contribution >= 0.6 is 11.3 Å². The first kappa shape index (κ1) is 13.4. The van der Waals surface area contributed by atoms with Crippen molar-refractivity contribution in [3.05, 3.63) is 59.9 Å². The number of hydrogen-bond acceptors (Lipinski definition) is 5. The molecule has 2 heterocycles. The number of carbonyl (C=O) groups excluding carboxylic acids is 1. The topological polar surface area (TPSA) is 67.8 Å². The van der Waals surface area contributed by atoms with Gasteiger partial charge in [-0.3, -0.25) is 15.1 Å². The number of aryl methyl sites for hydroxylation is 1. The third-order valence-electron chi connectivity index (χ3n) is 2.84. The summed E-state index contributed by atoms with van der Waals surface area (Å²) in [5.41, 5.74) is 2.35. The largest absolute Gasteiger partial charge is 0.296 e. The Morgan fingerprint density at radius 2 is 1.90 bits per heavy atom. The smallest absolute Gasteiger partial charge is 0.259 e. The Morgan fingerprint density at radius 1 is 1.10 bits per heavy atom. The minimum atomic E-state index is -0.238. The number of pyridine rings is 1. The van der Waals surface area contributed by atoms with Gasteiger partial charge < -0.3 is 0 Å². The van der Waals surface area contributed by atoms with Crippen LogP contribution in [0.1, 0.15) is 16.1 Å². The summed E-state index contributed by atoms with van der Waals surface area (Å²) in [5.74, 6) is -0.238. The van der Waals surface area contributed by atoms with Crippen LogP contribution in [-0.2, 0) is 0 Å². The summed E-state index contributed by atoms with van der Waals surface area (Å²) in [6.45, 7) is 1.87. The molecule has 3 aromatic rings. The fourth-order valence-electron chi connectivity index (χ4n) is 1.74. The van der Waals surface area contributed by atoms with Crippen molar-refractivity contribution in [3.8, 4) is 10.6 Å². The molecule has 5 nitrogen and oxygen atoms in total. The number of nitrogens with zero attached hydrogens (tertiary/aromatic N) is 3. The highest BCUT2D eigenvalue weighted by Crippen LogP contribution is 2.26. The number of amides is 1. The van der Waals surface area contributed by atoms with Gasteiger partial charge in [0.15, 0.2) is 0 Å². The predicted octanol–water partition coefficient (Wildman–Crippen LogP) is 3.16. The number of hydrogen-bond donors (Lipinski definition) is 1. The standard InChI is InChI=1S/C15H12N4OS/c1-10-7-8-12(9-16-10)13(20)17-15-19-18-14(21-15)11-5-3-2-4-6-11/h2-9H,1H3,(H,17,19,20). The number of anilines is 1. The van der Waals surface area contributed by atoms with Gasteiger partial charge in [0, 0.05) is 17.5 Å². The lowest BCUT2D eigenvalue weighted by atomic mass is 10.2. The summed E-state index contributed by atoms with van der Waals surface area (Å²) in [4.78, 5) is 16.2. The highest BCUT2D eigenvalue weighted by atomic mass is 32.1. The van der Waals surface area contributed by atoms with Crippen LogP contribution < -0.4 is 5.32 Å². The minimum absolute atomic E-state index is 0.238. The molecule has 0 unspecified atom stereocenters. The van der Waals surface area contributed by atoms with E-state index in [-0.39, 0.29) is 5.91 Å². The van der Waals surface area contributed by atoms with Gasteiger partial charge in [0.2, 0.25) is 5.13 Å². The van der Waals surface area contributed by atoms with E-state index in [0.29, 0.717) is 10.7 Å². The number of aromatic nitrogens is 3. The molecule has 0 fully saturated rings. The molecule has 1 aromatic carbocycles. The van der Waals surface area contributed by atoms with Gasteiger partial charge in [-0.1, -0.05) is 41.7 Å². The zero-order valence-corrected chi connectivity index (χ0v) is 12.1. The normalized spacial score (nSPS) is 10.3. The molecule has 21 heavy (non-hydrogen) atoms. The van der Waals surface area contributed by atoms with E-state index in [1.165, 1.54) is 11.3 Å². The first-order valence-electron chi connectivity index (χ1n) is 6.35. The lowest BCUT2D eigenvalue weighted by molar-refractivity contribution is 0.102. The average molecular weight is 296 g/mol. The SMILES string of the molecule is Cc1ccc(C(=O)Nc2nnc(-c3ccccc3)s2)cn1. The molecular formula is C15H12N4OS. The maximum atomic E-state index is 12.1. The van der Waals surface area contributed by atoms with Crippen molar-refractivity contribution in [2.45, 2.75) is 6.92 Å². The molecule has 1 N–H and O–H groups in total. The Labute approximate surface area is 125 Å². The fourth-order valence-corrected chi connectivity index (χ4v) is 2.49. The van der Waals surface area contributed by atoms with Crippen LogP contribution in [0.2, 0.25) is 0 Å². The highest BCUT2D eigenvalue weighted by molar-refractivity contribution is 7.18. The van der Waals surface area contributed by atoms with Gasteiger partial charge in [-0.05, 0) is 19.1 Å². The van der Waals surface area contributed by atoms with Gasteiger partial charge in [0.05, 0.1) is 5.56 Å². The Hall–Kier alpha value is -2.60. The fraction of sp³-hybridized carbons (Fsp3) is 0.0667. The predicted molar refractivity (Wildman–Crippen MR) is 82.3 cm³/mol. The second kappa shape index (κ2) is 5.80. The minimum Gasteiger partial charge on any atom is -0.296 e. The summed E-state index contributed by atoms with van der Waals surface area (Å²) in [5, 5.41) is 12.1. The van der Waals surface area contributed by atoms with Crippen LogP contribution in [0.15, 0.2) is 48.7 Å². The number of benzene rings is 1. The molecule has 0 spiro atoms. The van der Waals surface area contributed by atoms with E-state index >= 15 is 0 Å². The van der Waals surface area contributed by atoms with Gasteiger partial charge in [-0.15, -0.1) is 10.2 Å². The molecule has 2 aromatic heterocycles. The van der Waals surface area contributed by atoms with E-state index in [9.17, 15) is 4.79 Å². The maximum absolute atomic E-state index is 12.1. The first-order valence-corrected chi connectivity index (χ1v) is 7.17. The molecule has 0 saturated heterocycles. The number of nitrogens with one attached hydrogen (secondary N) is 1. The molecule has 0 aliphatic carbocycles. The van der Waals surface area contributed by atoms with Crippen LogP contribution in [0, 0.1) is 6.92 Å². The van der Waals surface area contributed by atoms with Crippen molar-refractivity contribution in [1.82, 2.24) is 15.2 Å². The van der Waals surface area contributed by atoms with E-state index in [0.717, 1.165) is 16.3 Å². The zero-order chi connectivity index (χ0) is 14.7. The molecule has 104 valence electrons. The molecule has 0 atom stereocenters. The molecule has 0 radical (unpaired) electrons. The van der Waals surface area contributed by atoms with E-state index in [2.05, 4.69) is 20.5 Å². The third kappa shape index (κ3) is 3.11. The Kier molecular flexibility index (Phi) is 3.70. The maximum Gasteiger partial charge on any atom is 0.259 e. The molecule has 6 heteroatoms. The monoisotopic (exact) mass is 296 g/mol. The molecule has 3 rings (SSSR count).